The van der Waals surface area contributed by atoms with E-state index in [0.29, 0.717) is 18.0 Å². The van der Waals surface area contributed by atoms with E-state index in [0.717, 1.165) is 32.5 Å². The summed E-state index contributed by atoms with van der Waals surface area (Å²) in [5, 5.41) is 3.46. The molecule has 20 heavy (non-hydrogen) atoms. The molecule has 0 aromatic heterocycles. The molecule has 116 valence electrons. The maximum Gasteiger partial charge on any atom is 0.242 e. The summed E-state index contributed by atoms with van der Waals surface area (Å²) in [4.78, 5) is 17.5. The summed E-state index contributed by atoms with van der Waals surface area (Å²) in [6.45, 7) is 4.97. The van der Waals surface area contributed by atoms with E-state index in [4.69, 9.17) is 0 Å². The third-order valence-corrected chi connectivity index (χ3v) is 5.53. The van der Waals surface area contributed by atoms with Crippen molar-refractivity contribution >= 4 is 18.3 Å². The Hall–Kier alpha value is -0.320. The van der Waals surface area contributed by atoms with Gasteiger partial charge in [0, 0.05) is 25.2 Å². The Kier molecular flexibility index (Phi) is 4.98. The zero-order valence-electron chi connectivity index (χ0n) is 12.7. The molecule has 3 aliphatic rings. The fourth-order valence-electron chi connectivity index (χ4n) is 4.08. The van der Waals surface area contributed by atoms with Crippen LogP contribution in [0.15, 0.2) is 0 Å². The van der Waals surface area contributed by atoms with E-state index in [-0.39, 0.29) is 17.9 Å². The number of piperidine rings is 1. The lowest BCUT2D eigenvalue weighted by Crippen LogP contribution is -2.59. The monoisotopic (exact) mass is 301 g/mol. The van der Waals surface area contributed by atoms with Gasteiger partial charge in [0.05, 0.1) is 5.54 Å². The predicted molar refractivity (Wildman–Crippen MR) is 83.3 cm³/mol. The Morgan fingerprint density at radius 3 is 2.65 bits per heavy atom. The fraction of sp³-hybridized carbons (Fsp3) is 0.933. The number of fused-ring (bicyclic) bond motifs is 2. The zero-order chi connectivity index (χ0) is 13.5. The van der Waals surface area contributed by atoms with Crippen LogP contribution in [0.4, 0.5) is 0 Å². The molecule has 1 N–H and O–H groups in total. The van der Waals surface area contributed by atoms with Crippen molar-refractivity contribution in [1.82, 2.24) is 15.1 Å². The quantitative estimate of drug-likeness (QED) is 0.800. The highest BCUT2D eigenvalue weighted by atomic mass is 35.5. The highest BCUT2D eigenvalue weighted by Crippen LogP contribution is 2.30. The molecule has 0 aromatic rings. The molecule has 0 saturated carbocycles. The SMILES string of the molecule is CN1C2CCC1CN(C(=O)C1(C)CCCCN1)CC2.Cl. The molecule has 3 aliphatic heterocycles. The molecule has 4 nitrogen and oxygen atoms in total. The molecule has 0 aromatic carbocycles. The summed E-state index contributed by atoms with van der Waals surface area (Å²) in [6, 6.07) is 1.29. The normalized spacial score (nSPS) is 38.2. The van der Waals surface area contributed by atoms with Gasteiger partial charge in [0.15, 0.2) is 0 Å². The van der Waals surface area contributed by atoms with Gasteiger partial charge < -0.3 is 10.2 Å². The van der Waals surface area contributed by atoms with Gasteiger partial charge in [-0.25, -0.2) is 0 Å². The topological polar surface area (TPSA) is 35.6 Å². The zero-order valence-corrected chi connectivity index (χ0v) is 13.5. The van der Waals surface area contributed by atoms with Crippen LogP contribution in [0.1, 0.15) is 45.4 Å². The van der Waals surface area contributed by atoms with Crippen molar-refractivity contribution in [3.05, 3.63) is 0 Å². The second-order valence-electron chi connectivity index (χ2n) is 6.81. The average Bonchev–Trinajstić information content (AvgIpc) is 2.63. The Balaban J connectivity index is 0.00000147. The molecule has 5 heteroatoms. The van der Waals surface area contributed by atoms with E-state index in [2.05, 4.69) is 29.1 Å². The van der Waals surface area contributed by atoms with Crippen LogP contribution in [0.3, 0.4) is 0 Å². The highest BCUT2D eigenvalue weighted by Gasteiger charge is 2.41. The summed E-state index contributed by atoms with van der Waals surface area (Å²) < 4.78 is 0. The van der Waals surface area contributed by atoms with Crippen LogP contribution in [0.2, 0.25) is 0 Å². The van der Waals surface area contributed by atoms with Gasteiger partial charge in [-0.1, -0.05) is 0 Å². The minimum atomic E-state index is -0.305. The number of carbonyl (C=O) groups is 1. The van der Waals surface area contributed by atoms with E-state index < -0.39 is 0 Å². The van der Waals surface area contributed by atoms with Gasteiger partial charge in [-0.15, -0.1) is 12.4 Å². The van der Waals surface area contributed by atoms with Gasteiger partial charge in [0.2, 0.25) is 5.91 Å². The number of carbonyl (C=O) groups excluding carboxylic acids is 1. The molecular weight excluding hydrogens is 274 g/mol. The summed E-state index contributed by atoms with van der Waals surface area (Å²) in [6.07, 6.45) is 7.10. The number of rotatable bonds is 1. The fourth-order valence-corrected chi connectivity index (χ4v) is 4.08. The molecule has 3 fully saturated rings. The molecule has 0 aliphatic carbocycles. The van der Waals surface area contributed by atoms with Crippen LogP contribution in [0.25, 0.3) is 0 Å². The van der Waals surface area contributed by atoms with Crippen LogP contribution in [-0.2, 0) is 4.79 Å². The lowest BCUT2D eigenvalue weighted by molar-refractivity contribution is -0.139. The van der Waals surface area contributed by atoms with Gasteiger partial charge in [-0.2, -0.15) is 0 Å². The summed E-state index contributed by atoms with van der Waals surface area (Å²) in [7, 11) is 2.23. The number of halogens is 1. The molecule has 3 heterocycles. The van der Waals surface area contributed by atoms with Crippen molar-refractivity contribution in [2.45, 2.75) is 63.1 Å². The summed E-state index contributed by atoms with van der Waals surface area (Å²) in [5.74, 6) is 0.341. The Morgan fingerprint density at radius 1 is 1.20 bits per heavy atom. The smallest absolute Gasteiger partial charge is 0.242 e. The predicted octanol–water partition coefficient (Wildman–Crippen LogP) is 1.64. The second-order valence-corrected chi connectivity index (χ2v) is 6.81. The van der Waals surface area contributed by atoms with Crippen LogP contribution in [0.5, 0.6) is 0 Å². The first kappa shape index (κ1) is 16.1. The third kappa shape index (κ3) is 2.83. The van der Waals surface area contributed by atoms with E-state index in [1.807, 2.05) is 0 Å². The number of likely N-dealkylation sites (N-methyl/N-ethyl adjacent to an activating group) is 1. The number of nitrogens with zero attached hydrogens (tertiary/aromatic N) is 2. The molecule has 3 saturated heterocycles. The molecule has 3 atom stereocenters. The van der Waals surface area contributed by atoms with Crippen LogP contribution < -0.4 is 5.32 Å². The number of amides is 1. The molecular formula is C15H28ClN3O. The minimum Gasteiger partial charge on any atom is -0.339 e. The Morgan fingerprint density at radius 2 is 1.95 bits per heavy atom. The van der Waals surface area contributed by atoms with Gasteiger partial charge >= 0.3 is 0 Å². The molecule has 0 spiro atoms. The Labute approximate surface area is 128 Å². The first-order chi connectivity index (χ1) is 9.10. The van der Waals surface area contributed by atoms with Crippen molar-refractivity contribution in [3.63, 3.8) is 0 Å². The lowest BCUT2D eigenvalue weighted by atomic mass is 9.89. The molecule has 3 rings (SSSR count). The average molecular weight is 302 g/mol. The maximum absolute atomic E-state index is 12.9. The van der Waals surface area contributed by atoms with Crippen molar-refractivity contribution in [1.29, 1.82) is 0 Å². The largest absolute Gasteiger partial charge is 0.339 e. The first-order valence-electron chi connectivity index (χ1n) is 7.86. The highest BCUT2D eigenvalue weighted by molar-refractivity contribution is 5.86. The molecule has 0 radical (unpaired) electrons. The van der Waals surface area contributed by atoms with Crippen LogP contribution in [-0.4, -0.2) is 60.0 Å². The summed E-state index contributed by atoms with van der Waals surface area (Å²) >= 11 is 0. The number of nitrogens with one attached hydrogen (secondary N) is 1. The van der Waals surface area contributed by atoms with E-state index in [9.17, 15) is 4.79 Å². The van der Waals surface area contributed by atoms with Gasteiger partial charge in [0.1, 0.15) is 0 Å². The second kappa shape index (κ2) is 6.20. The van der Waals surface area contributed by atoms with Gasteiger partial charge in [-0.3, -0.25) is 9.69 Å². The lowest BCUT2D eigenvalue weighted by Gasteiger charge is -2.38. The molecule has 2 bridgehead atoms. The van der Waals surface area contributed by atoms with Crippen LogP contribution in [0, 0.1) is 0 Å². The van der Waals surface area contributed by atoms with Gasteiger partial charge in [-0.05, 0) is 59.0 Å². The minimum absolute atomic E-state index is 0. The van der Waals surface area contributed by atoms with E-state index in [1.54, 1.807) is 0 Å². The number of hydrogen-bond acceptors (Lipinski definition) is 3. The van der Waals surface area contributed by atoms with Crippen molar-refractivity contribution in [2.24, 2.45) is 0 Å². The van der Waals surface area contributed by atoms with Crippen LogP contribution >= 0.6 is 12.4 Å². The third-order valence-electron chi connectivity index (χ3n) is 5.53. The van der Waals surface area contributed by atoms with Crippen molar-refractivity contribution < 1.29 is 4.79 Å². The maximum atomic E-state index is 12.9. The standard InChI is InChI=1S/C15H27N3O.ClH/c1-15(8-3-4-9-16-15)14(19)18-10-7-12-5-6-13(11-18)17(12)2;/h12-13,16H,3-11H2,1-2H3;1H. The summed E-state index contributed by atoms with van der Waals surface area (Å²) in [5.41, 5.74) is -0.305. The van der Waals surface area contributed by atoms with Gasteiger partial charge in [0.25, 0.3) is 0 Å². The molecule has 1 amide bonds. The number of likely N-dealkylation sites (tertiary alicyclic amines) is 1. The van der Waals surface area contributed by atoms with Crippen molar-refractivity contribution in [3.8, 4) is 0 Å². The van der Waals surface area contributed by atoms with E-state index in [1.165, 1.54) is 25.7 Å². The molecule has 3 unspecified atom stereocenters. The number of hydrogen-bond donors (Lipinski definition) is 1. The van der Waals surface area contributed by atoms with E-state index >= 15 is 0 Å². The van der Waals surface area contributed by atoms with Crippen molar-refractivity contribution in [2.75, 3.05) is 26.7 Å². The Bertz CT molecular complexity index is 357. The first-order valence-corrected chi connectivity index (χ1v) is 7.86.